The lowest BCUT2D eigenvalue weighted by atomic mass is 10.2. The topological polar surface area (TPSA) is 78.6 Å². The van der Waals surface area contributed by atoms with E-state index in [0.29, 0.717) is 41.9 Å². The van der Waals surface area contributed by atoms with Crippen LogP contribution in [0.15, 0.2) is 22.7 Å². The van der Waals surface area contributed by atoms with Crippen molar-refractivity contribution in [2.75, 3.05) is 33.9 Å². The van der Waals surface area contributed by atoms with Gasteiger partial charge in [0, 0.05) is 13.1 Å². The maximum Gasteiger partial charge on any atom is 0.261 e. The zero-order valence-corrected chi connectivity index (χ0v) is 12.0. The first kappa shape index (κ1) is 13.8. The highest BCUT2D eigenvalue weighted by Gasteiger charge is 2.23. The van der Waals surface area contributed by atoms with Gasteiger partial charge in [0.2, 0.25) is 5.82 Å². The van der Waals surface area contributed by atoms with Gasteiger partial charge in [0.1, 0.15) is 17.6 Å². The molecule has 0 saturated carbocycles. The number of morpholine rings is 1. The van der Waals surface area contributed by atoms with Crippen molar-refractivity contribution in [3.63, 3.8) is 0 Å². The first-order valence-corrected chi connectivity index (χ1v) is 6.70. The fraction of sp³-hybridized carbons (Fsp3) is 0.429. The number of nitrogens with one attached hydrogen (secondary N) is 1. The molecule has 2 heterocycles. The maximum atomic E-state index is 5.61. The Kier molecular flexibility index (Phi) is 4.03. The zero-order valence-electron chi connectivity index (χ0n) is 12.0. The molecule has 0 bridgehead atoms. The monoisotopic (exact) mass is 291 g/mol. The quantitative estimate of drug-likeness (QED) is 0.912. The number of ether oxygens (including phenoxy) is 3. The average Bonchev–Trinajstić information content (AvgIpc) is 3.05. The Balaban J connectivity index is 1.91. The number of rotatable bonds is 4. The molecule has 0 radical (unpaired) electrons. The molecule has 2 aromatic rings. The second-order valence-electron chi connectivity index (χ2n) is 4.59. The fourth-order valence-electron chi connectivity index (χ4n) is 2.19. The third kappa shape index (κ3) is 2.84. The highest BCUT2D eigenvalue weighted by molar-refractivity contribution is 5.65. The Bertz CT molecular complexity index is 608. The molecule has 1 saturated heterocycles. The first-order chi connectivity index (χ1) is 10.3. The number of aromatic nitrogens is 2. The van der Waals surface area contributed by atoms with E-state index in [1.807, 2.05) is 6.07 Å². The number of methoxy groups -OCH3 is 2. The van der Waals surface area contributed by atoms with Gasteiger partial charge in [-0.15, -0.1) is 0 Å². The zero-order chi connectivity index (χ0) is 14.7. The molecule has 1 fully saturated rings. The van der Waals surface area contributed by atoms with Gasteiger partial charge >= 0.3 is 0 Å². The summed E-state index contributed by atoms with van der Waals surface area (Å²) < 4.78 is 21.5. The van der Waals surface area contributed by atoms with Crippen molar-refractivity contribution in [3.8, 4) is 23.0 Å². The van der Waals surface area contributed by atoms with Crippen molar-refractivity contribution in [2.45, 2.75) is 6.10 Å². The first-order valence-electron chi connectivity index (χ1n) is 6.70. The van der Waals surface area contributed by atoms with Crippen LogP contribution in [0, 0.1) is 0 Å². The molecular weight excluding hydrogens is 274 g/mol. The van der Waals surface area contributed by atoms with Gasteiger partial charge in [0.15, 0.2) is 0 Å². The Morgan fingerprint density at radius 1 is 1.29 bits per heavy atom. The van der Waals surface area contributed by atoms with Crippen LogP contribution in [0.4, 0.5) is 0 Å². The van der Waals surface area contributed by atoms with Gasteiger partial charge in [-0.1, -0.05) is 5.16 Å². The summed E-state index contributed by atoms with van der Waals surface area (Å²) in [6, 6.07) is 5.42. The van der Waals surface area contributed by atoms with Crippen LogP contribution < -0.4 is 14.8 Å². The summed E-state index contributed by atoms with van der Waals surface area (Å²) in [7, 11) is 3.20. The van der Waals surface area contributed by atoms with Gasteiger partial charge in [0.05, 0.1) is 26.4 Å². The molecule has 0 amide bonds. The third-order valence-corrected chi connectivity index (χ3v) is 3.29. The second kappa shape index (κ2) is 6.11. The van der Waals surface area contributed by atoms with Gasteiger partial charge in [-0.05, 0) is 18.2 Å². The van der Waals surface area contributed by atoms with E-state index >= 15 is 0 Å². The number of nitrogens with zero attached hydrogens (tertiary/aromatic N) is 2. The summed E-state index contributed by atoms with van der Waals surface area (Å²) in [5.41, 5.74) is 0.694. The third-order valence-electron chi connectivity index (χ3n) is 3.29. The lowest BCUT2D eigenvalue weighted by Gasteiger charge is -2.20. The van der Waals surface area contributed by atoms with Crippen LogP contribution >= 0.6 is 0 Å². The van der Waals surface area contributed by atoms with Crippen LogP contribution in [0.3, 0.4) is 0 Å². The molecule has 7 heteroatoms. The molecular formula is C14H17N3O4. The van der Waals surface area contributed by atoms with E-state index in [4.69, 9.17) is 18.7 Å². The van der Waals surface area contributed by atoms with Crippen molar-refractivity contribution in [1.29, 1.82) is 0 Å². The normalized spacial score (nSPS) is 18.5. The van der Waals surface area contributed by atoms with Crippen molar-refractivity contribution >= 4 is 0 Å². The van der Waals surface area contributed by atoms with Crippen LogP contribution in [0.1, 0.15) is 11.9 Å². The summed E-state index contributed by atoms with van der Waals surface area (Å²) in [6.45, 7) is 2.15. The molecule has 1 aliphatic heterocycles. The predicted octanol–water partition coefficient (Wildman–Crippen LogP) is 1.41. The van der Waals surface area contributed by atoms with Gasteiger partial charge in [-0.3, -0.25) is 0 Å². The van der Waals surface area contributed by atoms with Crippen LogP contribution in [-0.4, -0.2) is 44.1 Å². The van der Waals surface area contributed by atoms with E-state index in [2.05, 4.69) is 15.5 Å². The molecule has 7 nitrogen and oxygen atoms in total. The smallest absolute Gasteiger partial charge is 0.261 e. The fourth-order valence-corrected chi connectivity index (χ4v) is 2.19. The molecule has 1 aliphatic rings. The van der Waals surface area contributed by atoms with Crippen LogP contribution in [-0.2, 0) is 4.74 Å². The minimum absolute atomic E-state index is 0.187. The van der Waals surface area contributed by atoms with E-state index in [0.717, 1.165) is 6.54 Å². The molecule has 112 valence electrons. The average molecular weight is 291 g/mol. The van der Waals surface area contributed by atoms with E-state index in [-0.39, 0.29) is 6.10 Å². The minimum atomic E-state index is -0.187. The Morgan fingerprint density at radius 2 is 2.19 bits per heavy atom. The molecule has 3 rings (SSSR count). The standard InChI is InChI=1S/C14H17N3O4/c1-18-9-3-4-11(19-2)10(7-9)14-16-13(17-21-14)12-8-15-5-6-20-12/h3-4,7,12,15H,5-6,8H2,1-2H3. The Labute approximate surface area is 122 Å². The highest BCUT2D eigenvalue weighted by atomic mass is 16.5. The lowest BCUT2D eigenvalue weighted by molar-refractivity contribution is 0.0208. The summed E-state index contributed by atoms with van der Waals surface area (Å²) in [4.78, 5) is 4.41. The minimum Gasteiger partial charge on any atom is -0.497 e. The predicted molar refractivity (Wildman–Crippen MR) is 74.4 cm³/mol. The van der Waals surface area contributed by atoms with Gasteiger partial charge in [-0.2, -0.15) is 4.98 Å². The molecule has 21 heavy (non-hydrogen) atoms. The summed E-state index contributed by atoms with van der Waals surface area (Å²) in [5, 5.41) is 7.23. The Morgan fingerprint density at radius 3 is 2.90 bits per heavy atom. The molecule has 1 aromatic carbocycles. The van der Waals surface area contributed by atoms with Crippen LogP contribution in [0.5, 0.6) is 11.5 Å². The molecule has 0 spiro atoms. The van der Waals surface area contributed by atoms with E-state index < -0.39 is 0 Å². The summed E-state index contributed by atoms with van der Waals surface area (Å²) in [5.74, 6) is 2.26. The molecule has 1 unspecified atom stereocenters. The SMILES string of the molecule is COc1ccc(OC)c(-c2nc(C3CNCCO3)no2)c1. The van der Waals surface area contributed by atoms with Gasteiger partial charge in [0.25, 0.3) is 5.89 Å². The van der Waals surface area contributed by atoms with E-state index in [9.17, 15) is 0 Å². The van der Waals surface area contributed by atoms with Crippen molar-refractivity contribution < 1.29 is 18.7 Å². The van der Waals surface area contributed by atoms with E-state index in [1.165, 1.54) is 0 Å². The summed E-state index contributed by atoms with van der Waals surface area (Å²) >= 11 is 0. The lowest BCUT2D eigenvalue weighted by Crippen LogP contribution is -2.33. The van der Waals surface area contributed by atoms with Gasteiger partial charge in [-0.25, -0.2) is 0 Å². The van der Waals surface area contributed by atoms with Crippen molar-refractivity contribution in [2.24, 2.45) is 0 Å². The molecule has 0 aliphatic carbocycles. The molecule has 1 atom stereocenters. The van der Waals surface area contributed by atoms with Crippen molar-refractivity contribution in [3.05, 3.63) is 24.0 Å². The Hall–Kier alpha value is -2.12. The maximum absolute atomic E-state index is 5.61. The number of benzene rings is 1. The number of hydrogen-bond acceptors (Lipinski definition) is 7. The molecule has 1 aromatic heterocycles. The van der Waals surface area contributed by atoms with Gasteiger partial charge < -0.3 is 24.1 Å². The van der Waals surface area contributed by atoms with E-state index in [1.54, 1.807) is 26.4 Å². The number of hydrogen-bond donors (Lipinski definition) is 1. The summed E-state index contributed by atoms with van der Waals surface area (Å²) in [6.07, 6.45) is -0.187. The highest BCUT2D eigenvalue weighted by Crippen LogP contribution is 2.33. The van der Waals surface area contributed by atoms with Crippen LogP contribution in [0.2, 0.25) is 0 Å². The largest absolute Gasteiger partial charge is 0.497 e. The molecule has 1 N–H and O–H groups in total. The van der Waals surface area contributed by atoms with Crippen molar-refractivity contribution in [1.82, 2.24) is 15.5 Å². The second-order valence-corrected chi connectivity index (χ2v) is 4.59. The van der Waals surface area contributed by atoms with Crippen LogP contribution in [0.25, 0.3) is 11.5 Å².